The Balaban J connectivity index is 1.34. The van der Waals surface area contributed by atoms with E-state index in [-0.39, 0.29) is 21.2 Å². The molecular weight excluding hydrogens is 444 g/mol. The molecule has 158 valence electrons. The van der Waals surface area contributed by atoms with Crippen molar-refractivity contribution in [1.82, 2.24) is 14.3 Å². The van der Waals surface area contributed by atoms with Gasteiger partial charge in [0.25, 0.3) is 10.0 Å². The summed E-state index contributed by atoms with van der Waals surface area (Å²) in [6, 6.07) is 14.9. The fourth-order valence-corrected chi connectivity index (χ4v) is 5.32. The number of nitrogens with one attached hydrogen (secondary N) is 1. The van der Waals surface area contributed by atoms with Crippen LogP contribution in [0.5, 0.6) is 5.75 Å². The molecule has 1 N–H and O–H groups in total. The predicted octanol–water partition coefficient (Wildman–Crippen LogP) is 4.04. The highest BCUT2D eigenvalue weighted by molar-refractivity contribution is 7.93. The number of sulfonamides is 1. The molecule has 1 fully saturated rings. The van der Waals surface area contributed by atoms with Gasteiger partial charge < -0.3 is 4.74 Å². The molecule has 7 nitrogen and oxygen atoms in total. The third-order valence-electron chi connectivity index (χ3n) is 4.87. The molecule has 1 aliphatic heterocycles. The van der Waals surface area contributed by atoms with Crippen LogP contribution < -0.4 is 9.46 Å². The molecule has 2 aromatic carbocycles. The molecule has 1 aliphatic rings. The molecule has 1 saturated heterocycles. The van der Waals surface area contributed by atoms with Gasteiger partial charge in [0.2, 0.25) is 5.13 Å². The highest BCUT2D eigenvalue weighted by Gasteiger charge is 2.23. The van der Waals surface area contributed by atoms with Gasteiger partial charge in [-0.05, 0) is 36.6 Å². The summed E-state index contributed by atoms with van der Waals surface area (Å²) >= 11 is 7.28. The molecule has 0 aliphatic carbocycles. The summed E-state index contributed by atoms with van der Waals surface area (Å²) in [5.41, 5.74) is 1.30. The molecule has 0 spiro atoms. The topological polar surface area (TPSA) is 84.4 Å². The van der Waals surface area contributed by atoms with E-state index < -0.39 is 10.0 Å². The van der Waals surface area contributed by atoms with Crippen molar-refractivity contribution in [3.05, 3.63) is 65.4 Å². The Labute approximate surface area is 184 Å². The third kappa shape index (κ3) is 5.28. The van der Waals surface area contributed by atoms with Gasteiger partial charge in [-0.1, -0.05) is 41.9 Å². The number of anilines is 1. The number of hydrogen-bond acceptors (Lipinski definition) is 7. The molecule has 2 heterocycles. The molecule has 0 saturated carbocycles. The van der Waals surface area contributed by atoms with Crippen molar-refractivity contribution in [3.63, 3.8) is 0 Å². The second-order valence-corrected chi connectivity index (χ2v) is 9.89. The Bertz CT molecular complexity index is 1070. The first-order valence-corrected chi connectivity index (χ1v) is 12.1. The van der Waals surface area contributed by atoms with E-state index in [4.69, 9.17) is 16.3 Å². The molecule has 0 atom stereocenters. The number of ether oxygens (including phenoxy) is 1. The van der Waals surface area contributed by atoms with Gasteiger partial charge in [-0.2, -0.15) is 4.37 Å². The maximum absolute atomic E-state index is 12.5. The lowest BCUT2D eigenvalue weighted by Crippen LogP contribution is -2.37. The number of nitrogens with zero attached hydrogens (tertiary/aromatic N) is 3. The number of piperidine rings is 1. The lowest BCUT2D eigenvalue weighted by molar-refractivity contribution is 0.0968. The number of hydrogen-bond donors (Lipinski definition) is 1. The largest absolute Gasteiger partial charge is 0.489 e. The van der Waals surface area contributed by atoms with Crippen molar-refractivity contribution in [2.45, 2.75) is 30.4 Å². The van der Waals surface area contributed by atoms with Crippen molar-refractivity contribution >= 4 is 38.3 Å². The average molecular weight is 465 g/mol. The molecule has 3 aromatic rings. The van der Waals surface area contributed by atoms with Crippen LogP contribution in [0.25, 0.3) is 0 Å². The van der Waals surface area contributed by atoms with Gasteiger partial charge in [0, 0.05) is 31.2 Å². The summed E-state index contributed by atoms with van der Waals surface area (Å²) in [4.78, 5) is 6.29. The van der Waals surface area contributed by atoms with Crippen molar-refractivity contribution in [2.24, 2.45) is 0 Å². The fraction of sp³-hybridized carbons (Fsp3) is 0.300. The van der Waals surface area contributed by atoms with Gasteiger partial charge in [0.05, 0.1) is 9.92 Å². The summed E-state index contributed by atoms with van der Waals surface area (Å²) in [5, 5.41) is 0.468. The van der Waals surface area contributed by atoms with Crippen LogP contribution in [0.4, 0.5) is 5.13 Å². The number of benzene rings is 2. The van der Waals surface area contributed by atoms with Gasteiger partial charge >= 0.3 is 0 Å². The van der Waals surface area contributed by atoms with Crippen LogP contribution in [0, 0.1) is 0 Å². The zero-order chi connectivity index (χ0) is 21.0. The first-order valence-electron chi connectivity index (χ1n) is 9.51. The van der Waals surface area contributed by atoms with Crippen molar-refractivity contribution < 1.29 is 13.2 Å². The average Bonchev–Trinajstić information content (AvgIpc) is 3.24. The highest BCUT2D eigenvalue weighted by Crippen LogP contribution is 2.30. The Hall–Kier alpha value is -2.20. The summed E-state index contributed by atoms with van der Waals surface area (Å²) in [6.45, 7) is 2.81. The normalized spacial score (nSPS) is 15.8. The maximum atomic E-state index is 12.5. The van der Waals surface area contributed by atoms with E-state index in [0.717, 1.165) is 44.0 Å². The van der Waals surface area contributed by atoms with Crippen LogP contribution in [-0.4, -0.2) is 41.9 Å². The predicted molar refractivity (Wildman–Crippen MR) is 118 cm³/mol. The number of halogens is 1. The quantitative estimate of drug-likeness (QED) is 0.568. The number of aromatic nitrogens is 2. The molecule has 0 unspecified atom stereocenters. The molecule has 0 bridgehead atoms. The van der Waals surface area contributed by atoms with Crippen LogP contribution in [0.1, 0.15) is 18.4 Å². The smallest absolute Gasteiger partial charge is 0.263 e. The minimum absolute atomic E-state index is 0.0488. The first kappa shape index (κ1) is 21.0. The zero-order valence-corrected chi connectivity index (χ0v) is 18.5. The standard InChI is InChI=1S/C20H21ClN4O3S2/c21-18-12-17(30(26,27)24-20-22-14-23-29-20)6-7-19(18)28-16-8-10-25(11-9-16)13-15-4-2-1-3-5-15/h1-7,12,14,16H,8-11,13H2,(H,22,23,24). The summed E-state index contributed by atoms with van der Waals surface area (Å²) in [7, 11) is -3.78. The van der Waals surface area contributed by atoms with E-state index >= 15 is 0 Å². The lowest BCUT2D eigenvalue weighted by atomic mass is 10.1. The van der Waals surface area contributed by atoms with Crippen LogP contribution in [0.3, 0.4) is 0 Å². The Kier molecular flexibility index (Phi) is 6.52. The minimum atomic E-state index is -3.78. The molecule has 4 rings (SSSR count). The molecule has 0 radical (unpaired) electrons. The lowest BCUT2D eigenvalue weighted by Gasteiger charge is -2.32. The van der Waals surface area contributed by atoms with Crippen molar-refractivity contribution in [2.75, 3.05) is 17.8 Å². The second kappa shape index (κ2) is 9.30. The highest BCUT2D eigenvalue weighted by atomic mass is 35.5. The third-order valence-corrected chi connectivity index (χ3v) is 7.22. The number of likely N-dealkylation sites (tertiary alicyclic amines) is 1. The monoisotopic (exact) mass is 464 g/mol. The van der Waals surface area contributed by atoms with Gasteiger partial charge in [-0.15, -0.1) is 0 Å². The van der Waals surface area contributed by atoms with Crippen molar-refractivity contribution in [1.29, 1.82) is 0 Å². The summed E-state index contributed by atoms with van der Waals surface area (Å²) < 4.78 is 37.1. The van der Waals surface area contributed by atoms with Crippen LogP contribution >= 0.6 is 23.1 Å². The molecule has 10 heteroatoms. The van der Waals surface area contributed by atoms with Gasteiger partial charge in [-0.3, -0.25) is 9.62 Å². The van der Waals surface area contributed by atoms with E-state index in [9.17, 15) is 8.42 Å². The maximum Gasteiger partial charge on any atom is 0.263 e. The van der Waals surface area contributed by atoms with Gasteiger partial charge in [0.1, 0.15) is 18.2 Å². The molecule has 30 heavy (non-hydrogen) atoms. The Morgan fingerprint density at radius 3 is 2.60 bits per heavy atom. The Morgan fingerprint density at radius 2 is 1.93 bits per heavy atom. The zero-order valence-electron chi connectivity index (χ0n) is 16.1. The SMILES string of the molecule is O=S(=O)(Nc1ncns1)c1ccc(OC2CCN(Cc3ccccc3)CC2)c(Cl)c1. The molecular formula is C20H21ClN4O3S2. The second-order valence-electron chi connectivity index (χ2n) is 7.02. The van der Waals surface area contributed by atoms with Crippen LogP contribution in [0.15, 0.2) is 59.8 Å². The van der Waals surface area contributed by atoms with E-state index in [1.165, 1.54) is 24.0 Å². The van der Waals surface area contributed by atoms with Crippen LogP contribution in [0.2, 0.25) is 5.02 Å². The number of rotatable bonds is 7. The molecule has 0 amide bonds. The Morgan fingerprint density at radius 1 is 1.17 bits per heavy atom. The summed E-state index contributed by atoms with van der Waals surface area (Å²) in [6.07, 6.45) is 3.12. The minimum Gasteiger partial charge on any atom is -0.489 e. The van der Waals surface area contributed by atoms with Gasteiger partial charge in [-0.25, -0.2) is 13.4 Å². The summed E-state index contributed by atoms with van der Waals surface area (Å²) in [5.74, 6) is 0.494. The van der Waals surface area contributed by atoms with E-state index in [2.05, 4.69) is 43.2 Å². The fourth-order valence-electron chi connectivity index (χ4n) is 3.34. The van der Waals surface area contributed by atoms with Gasteiger partial charge in [0.15, 0.2) is 0 Å². The first-order chi connectivity index (χ1) is 14.5. The van der Waals surface area contributed by atoms with E-state index in [1.807, 2.05) is 6.07 Å². The molecule has 1 aromatic heterocycles. The van der Waals surface area contributed by atoms with E-state index in [0.29, 0.717) is 5.75 Å². The van der Waals surface area contributed by atoms with Crippen LogP contribution in [-0.2, 0) is 16.6 Å². The van der Waals surface area contributed by atoms with E-state index in [1.54, 1.807) is 6.07 Å². The van der Waals surface area contributed by atoms with Crippen molar-refractivity contribution in [3.8, 4) is 5.75 Å².